The van der Waals surface area contributed by atoms with Gasteiger partial charge in [-0.3, -0.25) is 10.1 Å². The Hall–Kier alpha value is -0.610. The third kappa shape index (κ3) is 4.49. The SMILES string of the molecule is CCC(C)N(C)CC(C)(NC(C)C)C(=O)O. The van der Waals surface area contributed by atoms with E-state index in [0.29, 0.717) is 12.6 Å². The highest BCUT2D eigenvalue weighted by Gasteiger charge is 2.35. The monoisotopic (exact) mass is 230 g/mol. The lowest BCUT2D eigenvalue weighted by Crippen LogP contribution is -2.59. The van der Waals surface area contributed by atoms with Crippen molar-refractivity contribution in [1.29, 1.82) is 0 Å². The first kappa shape index (κ1) is 15.4. The van der Waals surface area contributed by atoms with Crippen molar-refractivity contribution in [2.75, 3.05) is 13.6 Å². The average molecular weight is 230 g/mol. The summed E-state index contributed by atoms with van der Waals surface area (Å²) in [5, 5.41) is 12.4. The van der Waals surface area contributed by atoms with Gasteiger partial charge in [0.1, 0.15) is 5.54 Å². The molecule has 2 N–H and O–H groups in total. The molecule has 0 aliphatic heterocycles. The largest absolute Gasteiger partial charge is 0.480 e. The predicted octanol–water partition coefficient (Wildman–Crippen LogP) is 1.56. The van der Waals surface area contributed by atoms with Gasteiger partial charge in [0.05, 0.1) is 0 Å². The fraction of sp³-hybridized carbons (Fsp3) is 0.917. The Labute approximate surface area is 99.0 Å². The van der Waals surface area contributed by atoms with Crippen molar-refractivity contribution in [3.8, 4) is 0 Å². The fourth-order valence-electron chi connectivity index (χ4n) is 1.78. The highest BCUT2D eigenvalue weighted by Crippen LogP contribution is 2.11. The summed E-state index contributed by atoms with van der Waals surface area (Å²) in [4.78, 5) is 13.4. The zero-order valence-corrected chi connectivity index (χ0v) is 11.4. The number of likely N-dealkylation sites (N-methyl/N-ethyl adjacent to an activating group) is 1. The molecule has 0 radical (unpaired) electrons. The van der Waals surface area contributed by atoms with Gasteiger partial charge in [0.2, 0.25) is 0 Å². The standard InChI is InChI=1S/C12H26N2O2/c1-7-10(4)14(6)8-12(5,11(15)16)13-9(2)3/h9-10,13H,7-8H2,1-6H3,(H,15,16). The van der Waals surface area contributed by atoms with Gasteiger partial charge >= 0.3 is 5.97 Å². The molecule has 0 saturated carbocycles. The van der Waals surface area contributed by atoms with Crippen LogP contribution in [0.4, 0.5) is 0 Å². The van der Waals surface area contributed by atoms with E-state index in [0.717, 1.165) is 6.42 Å². The molecule has 0 aliphatic rings. The summed E-state index contributed by atoms with van der Waals surface area (Å²) in [5.41, 5.74) is -0.883. The van der Waals surface area contributed by atoms with Crippen molar-refractivity contribution < 1.29 is 9.90 Å². The van der Waals surface area contributed by atoms with E-state index >= 15 is 0 Å². The number of nitrogens with one attached hydrogen (secondary N) is 1. The maximum Gasteiger partial charge on any atom is 0.324 e. The molecule has 0 aromatic carbocycles. The van der Waals surface area contributed by atoms with Crippen LogP contribution < -0.4 is 5.32 Å². The van der Waals surface area contributed by atoms with E-state index in [2.05, 4.69) is 24.1 Å². The molecule has 16 heavy (non-hydrogen) atoms. The van der Waals surface area contributed by atoms with Crippen LogP contribution in [0.15, 0.2) is 0 Å². The second kappa shape index (κ2) is 6.21. The number of nitrogens with zero attached hydrogens (tertiary/aromatic N) is 1. The van der Waals surface area contributed by atoms with Gasteiger partial charge in [0.15, 0.2) is 0 Å². The average Bonchev–Trinajstić information content (AvgIpc) is 2.14. The van der Waals surface area contributed by atoms with Gasteiger partial charge in [0, 0.05) is 18.6 Å². The second-order valence-electron chi connectivity index (χ2n) is 5.11. The van der Waals surface area contributed by atoms with E-state index in [-0.39, 0.29) is 6.04 Å². The molecule has 4 heteroatoms. The molecule has 0 spiro atoms. The summed E-state index contributed by atoms with van der Waals surface area (Å²) in [6, 6.07) is 0.555. The molecule has 2 unspecified atom stereocenters. The third-order valence-electron chi connectivity index (χ3n) is 2.99. The lowest BCUT2D eigenvalue weighted by atomic mass is 9.99. The zero-order chi connectivity index (χ0) is 12.9. The number of hydrogen-bond acceptors (Lipinski definition) is 3. The first-order valence-corrected chi connectivity index (χ1v) is 5.94. The number of rotatable bonds is 7. The van der Waals surface area contributed by atoms with E-state index in [9.17, 15) is 9.90 Å². The molecule has 0 aromatic rings. The first-order valence-electron chi connectivity index (χ1n) is 5.94. The van der Waals surface area contributed by atoms with Crippen LogP contribution in [0.1, 0.15) is 41.0 Å². The minimum absolute atomic E-state index is 0.159. The molecule has 0 rings (SSSR count). The van der Waals surface area contributed by atoms with E-state index in [1.807, 2.05) is 20.9 Å². The Balaban J connectivity index is 4.61. The molecule has 0 bridgehead atoms. The van der Waals surface area contributed by atoms with Crippen LogP contribution in [-0.4, -0.2) is 47.2 Å². The molecule has 4 nitrogen and oxygen atoms in total. The first-order chi connectivity index (χ1) is 7.23. The summed E-state index contributed by atoms with van der Waals surface area (Å²) in [5.74, 6) is -0.795. The van der Waals surface area contributed by atoms with Crippen molar-refractivity contribution >= 4 is 5.97 Å². The summed E-state index contributed by atoms with van der Waals surface area (Å²) in [6.45, 7) is 10.4. The van der Waals surface area contributed by atoms with Crippen molar-refractivity contribution in [3.63, 3.8) is 0 Å². The van der Waals surface area contributed by atoms with Gasteiger partial charge in [-0.15, -0.1) is 0 Å². The maximum absolute atomic E-state index is 11.3. The summed E-state index contributed by atoms with van der Waals surface area (Å²) in [6.07, 6.45) is 1.02. The fourth-order valence-corrected chi connectivity index (χ4v) is 1.78. The zero-order valence-electron chi connectivity index (χ0n) is 11.4. The Morgan fingerprint density at radius 2 is 1.94 bits per heavy atom. The van der Waals surface area contributed by atoms with Gasteiger partial charge in [-0.2, -0.15) is 0 Å². The molecular formula is C12H26N2O2. The minimum Gasteiger partial charge on any atom is -0.480 e. The van der Waals surface area contributed by atoms with Crippen LogP contribution >= 0.6 is 0 Å². The van der Waals surface area contributed by atoms with Gasteiger partial charge in [-0.25, -0.2) is 0 Å². The molecule has 0 fully saturated rings. The number of carboxylic acids is 1. The van der Waals surface area contributed by atoms with E-state index in [1.54, 1.807) is 6.92 Å². The molecule has 2 atom stereocenters. The molecule has 0 aliphatic carbocycles. The van der Waals surface area contributed by atoms with E-state index < -0.39 is 11.5 Å². The summed E-state index contributed by atoms with van der Waals surface area (Å²) >= 11 is 0. The third-order valence-corrected chi connectivity index (χ3v) is 2.99. The lowest BCUT2D eigenvalue weighted by Gasteiger charge is -2.35. The Kier molecular flexibility index (Phi) is 5.97. The van der Waals surface area contributed by atoms with Crippen molar-refractivity contribution in [1.82, 2.24) is 10.2 Å². The Morgan fingerprint density at radius 1 is 1.44 bits per heavy atom. The molecule has 0 amide bonds. The lowest BCUT2D eigenvalue weighted by molar-refractivity contribution is -0.145. The number of aliphatic carboxylic acids is 1. The topological polar surface area (TPSA) is 52.6 Å². The van der Waals surface area contributed by atoms with Gasteiger partial charge < -0.3 is 10.0 Å². The normalized spacial score (nSPS) is 17.5. The second-order valence-corrected chi connectivity index (χ2v) is 5.11. The molecular weight excluding hydrogens is 204 g/mol. The van der Waals surface area contributed by atoms with Gasteiger partial charge in [-0.05, 0) is 41.2 Å². The highest BCUT2D eigenvalue weighted by atomic mass is 16.4. The number of carbonyl (C=O) groups is 1. The quantitative estimate of drug-likeness (QED) is 0.697. The smallest absolute Gasteiger partial charge is 0.324 e. The van der Waals surface area contributed by atoms with Crippen LogP contribution in [0.2, 0.25) is 0 Å². The van der Waals surface area contributed by atoms with E-state index in [1.165, 1.54) is 0 Å². The van der Waals surface area contributed by atoms with Gasteiger partial charge in [0.25, 0.3) is 0 Å². The van der Waals surface area contributed by atoms with Crippen LogP contribution in [0.5, 0.6) is 0 Å². The van der Waals surface area contributed by atoms with Crippen molar-refractivity contribution in [2.45, 2.75) is 58.7 Å². The Morgan fingerprint density at radius 3 is 2.25 bits per heavy atom. The van der Waals surface area contributed by atoms with Crippen molar-refractivity contribution in [2.24, 2.45) is 0 Å². The molecule has 96 valence electrons. The van der Waals surface area contributed by atoms with Crippen molar-refractivity contribution in [3.05, 3.63) is 0 Å². The predicted molar refractivity (Wildman–Crippen MR) is 66.7 cm³/mol. The molecule has 0 aromatic heterocycles. The number of hydrogen-bond donors (Lipinski definition) is 2. The highest BCUT2D eigenvalue weighted by molar-refractivity contribution is 5.78. The van der Waals surface area contributed by atoms with Crippen LogP contribution in [-0.2, 0) is 4.79 Å². The van der Waals surface area contributed by atoms with Crippen LogP contribution in [0.3, 0.4) is 0 Å². The summed E-state index contributed by atoms with van der Waals surface area (Å²) in [7, 11) is 1.97. The molecule has 0 heterocycles. The maximum atomic E-state index is 11.3. The van der Waals surface area contributed by atoms with E-state index in [4.69, 9.17) is 0 Å². The molecule has 0 saturated heterocycles. The Bertz CT molecular complexity index is 231. The van der Waals surface area contributed by atoms with Crippen LogP contribution in [0, 0.1) is 0 Å². The van der Waals surface area contributed by atoms with Gasteiger partial charge in [-0.1, -0.05) is 6.92 Å². The summed E-state index contributed by atoms with van der Waals surface area (Å²) < 4.78 is 0. The van der Waals surface area contributed by atoms with Crippen LogP contribution in [0.25, 0.3) is 0 Å². The minimum atomic E-state index is -0.883. The number of carboxylic acid groups (broad SMARTS) is 1.